The summed E-state index contributed by atoms with van der Waals surface area (Å²) in [5, 5.41) is 2.83. The van der Waals surface area contributed by atoms with E-state index in [1.807, 2.05) is 5.38 Å². The number of carbonyl (C=O) groups is 1. The van der Waals surface area contributed by atoms with Crippen molar-refractivity contribution in [1.29, 1.82) is 0 Å². The quantitative estimate of drug-likeness (QED) is 0.797. The molecule has 96 valence electrons. The minimum atomic E-state index is -0.406. The third-order valence-corrected chi connectivity index (χ3v) is 3.26. The van der Waals surface area contributed by atoms with Gasteiger partial charge < -0.3 is 4.74 Å². The maximum atomic E-state index is 11.5. The predicted molar refractivity (Wildman–Crippen MR) is 69.3 cm³/mol. The van der Waals surface area contributed by atoms with Crippen molar-refractivity contribution in [2.24, 2.45) is 0 Å². The molecule has 2 rings (SSSR count). The van der Waals surface area contributed by atoms with E-state index < -0.39 is 5.97 Å². The molecule has 0 fully saturated rings. The van der Waals surface area contributed by atoms with Gasteiger partial charge in [0.05, 0.1) is 12.3 Å². The maximum Gasteiger partial charge on any atom is 0.358 e. The standard InChI is InChI=1S/C12H15N3O2S/c1-4-17-11(16)9-5-15(7-13-9)12-14-10(6-18-12)8(2)3/h5-8H,4H2,1-3H3. The lowest BCUT2D eigenvalue weighted by atomic mass is 10.2. The summed E-state index contributed by atoms with van der Waals surface area (Å²) in [4.78, 5) is 20.0. The van der Waals surface area contributed by atoms with Crippen LogP contribution in [0.25, 0.3) is 5.13 Å². The fourth-order valence-corrected chi connectivity index (χ4v) is 2.33. The Labute approximate surface area is 109 Å². The summed E-state index contributed by atoms with van der Waals surface area (Å²) in [7, 11) is 0. The van der Waals surface area contributed by atoms with Crippen LogP contribution in [0.1, 0.15) is 42.9 Å². The Morgan fingerprint density at radius 2 is 2.33 bits per heavy atom. The number of rotatable bonds is 4. The van der Waals surface area contributed by atoms with Crippen LogP contribution < -0.4 is 0 Å². The normalized spacial score (nSPS) is 10.9. The molecule has 0 radical (unpaired) electrons. The molecule has 18 heavy (non-hydrogen) atoms. The van der Waals surface area contributed by atoms with E-state index in [0.29, 0.717) is 18.2 Å². The number of hydrogen-bond acceptors (Lipinski definition) is 5. The highest BCUT2D eigenvalue weighted by atomic mass is 32.1. The van der Waals surface area contributed by atoms with Gasteiger partial charge in [0.2, 0.25) is 0 Å². The van der Waals surface area contributed by atoms with Gasteiger partial charge in [-0.3, -0.25) is 4.57 Å². The minimum absolute atomic E-state index is 0.304. The molecule has 5 nitrogen and oxygen atoms in total. The molecule has 0 amide bonds. The molecule has 0 saturated carbocycles. The molecule has 0 spiro atoms. The van der Waals surface area contributed by atoms with Crippen molar-refractivity contribution in [3.05, 3.63) is 29.3 Å². The minimum Gasteiger partial charge on any atom is -0.461 e. The van der Waals surface area contributed by atoms with E-state index in [1.54, 1.807) is 24.0 Å². The van der Waals surface area contributed by atoms with E-state index in [9.17, 15) is 4.79 Å². The third kappa shape index (κ3) is 2.59. The van der Waals surface area contributed by atoms with Crippen molar-refractivity contribution >= 4 is 17.3 Å². The number of imidazole rings is 1. The van der Waals surface area contributed by atoms with Gasteiger partial charge in [0, 0.05) is 11.6 Å². The summed E-state index contributed by atoms with van der Waals surface area (Å²) >= 11 is 1.53. The van der Waals surface area contributed by atoms with Crippen molar-refractivity contribution in [1.82, 2.24) is 14.5 Å². The molecule has 0 saturated heterocycles. The Balaban J connectivity index is 2.21. The van der Waals surface area contributed by atoms with Crippen LogP contribution in [-0.2, 0) is 4.74 Å². The molecule has 0 aliphatic rings. The molecule has 0 aliphatic heterocycles. The lowest BCUT2D eigenvalue weighted by Gasteiger charge is -1.98. The average molecular weight is 265 g/mol. The molecule has 6 heteroatoms. The Morgan fingerprint density at radius 1 is 1.56 bits per heavy atom. The molecule has 0 bridgehead atoms. The smallest absolute Gasteiger partial charge is 0.358 e. The highest BCUT2D eigenvalue weighted by Crippen LogP contribution is 2.20. The molecule has 0 unspecified atom stereocenters. The van der Waals surface area contributed by atoms with Crippen molar-refractivity contribution in [3.8, 4) is 5.13 Å². The fourth-order valence-electron chi connectivity index (χ4n) is 1.40. The number of hydrogen-bond donors (Lipinski definition) is 0. The molecular weight excluding hydrogens is 250 g/mol. The van der Waals surface area contributed by atoms with E-state index in [-0.39, 0.29) is 0 Å². The molecule has 0 atom stereocenters. The summed E-state index contributed by atoms with van der Waals surface area (Å²) in [6, 6.07) is 0. The van der Waals surface area contributed by atoms with Crippen LogP contribution in [0.5, 0.6) is 0 Å². The van der Waals surface area contributed by atoms with Crippen molar-refractivity contribution in [3.63, 3.8) is 0 Å². The highest BCUT2D eigenvalue weighted by molar-refractivity contribution is 7.12. The Bertz CT molecular complexity index is 545. The lowest BCUT2D eigenvalue weighted by molar-refractivity contribution is 0.0520. The van der Waals surface area contributed by atoms with Crippen molar-refractivity contribution in [2.75, 3.05) is 6.61 Å². The first-order valence-corrected chi connectivity index (χ1v) is 6.66. The summed E-state index contributed by atoms with van der Waals surface area (Å²) in [5.41, 5.74) is 1.35. The summed E-state index contributed by atoms with van der Waals surface area (Å²) in [6.07, 6.45) is 3.22. The van der Waals surface area contributed by atoms with Crippen LogP contribution in [0.15, 0.2) is 17.9 Å². The van der Waals surface area contributed by atoms with Gasteiger partial charge in [-0.15, -0.1) is 11.3 Å². The second kappa shape index (κ2) is 5.30. The van der Waals surface area contributed by atoms with Crippen molar-refractivity contribution < 1.29 is 9.53 Å². The number of ether oxygens (including phenoxy) is 1. The number of carbonyl (C=O) groups excluding carboxylic acids is 1. The number of thiazole rings is 1. The third-order valence-electron chi connectivity index (χ3n) is 2.39. The maximum absolute atomic E-state index is 11.5. The van der Waals surface area contributed by atoms with Gasteiger partial charge in [0.1, 0.15) is 6.33 Å². The molecule has 0 aliphatic carbocycles. The topological polar surface area (TPSA) is 57.0 Å². The number of nitrogens with zero attached hydrogens (tertiary/aromatic N) is 3. The van der Waals surface area contributed by atoms with Gasteiger partial charge in [-0.05, 0) is 12.8 Å². The Kier molecular flexibility index (Phi) is 3.76. The molecule has 0 N–H and O–H groups in total. The van der Waals surface area contributed by atoms with Crippen LogP contribution in [0.4, 0.5) is 0 Å². The van der Waals surface area contributed by atoms with Crippen LogP contribution in [0, 0.1) is 0 Å². The van der Waals surface area contributed by atoms with E-state index in [2.05, 4.69) is 23.8 Å². The van der Waals surface area contributed by atoms with Gasteiger partial charge in [-0.25, -0.2) is 14.8 Å². The van der Waals surface area contributed by atoms with Gasteiger partial charge in [-0.2, -0.15) is 0 Å². The zero-order valence-electron chi connectivity index (χ0n) is 10.6. The van der Waals surface area contributed by atoms with Gasteiger partial charge in [-0.1, -0.05) is 13.8 Å². The van der Waals surface area contributed by atoms with E-state index in [1.165, 1.54) is 11.3 Å². The summed E-state index contributed by atoms with van der Waals surface area (Å²) in [5.74, 6) is -0.0139. The number of esters is 1. The second-order valence-electron chi connectivity index (χ2n) is 4.10. The molecule has 0 aromatic carbocycles. The zero-order valence-corrected chi connectivity index (χ0v) is 11.4. The molecular formula is C12H15N3O2S. The molecule has 2 aromatic heterocycles. The van der Waals surface area contributed by atoms with Gasteiger partial charge >= 0.3 is 5.97 Å². The first-order valence-electron chi connectivity index (χ1n) is 5.78. The van der Waals surface area contributed by atoms with Gasteiger partial charge in [0.15, 0.2) is 10.8 Å². The second-order valence-corrected chi connectivity index (χ2v) is 4.93. The van der Waals surface area contributed by atoms with E-state index in [4.69, 9.17) is 4.74 Å². The first kappa shape index (κ1) is 12.8. The van der Waals surface area contributed by atoms with Crippen LogP contribution >= 0.6 is 11.3 Å². The fraction of sp³-hybridized carbons (Fsp3) is 0.417. The average Bonchev–Trinajstić information content (AvgIpc) is 2.98. The lowest BCUT2D eigenvalue weighted by Crippen LogP contribution is -2.04. The van der Waals surface area contributed by atoms with Crippen LogP contribution in [-0.4, -0.2) is 27.1 Å². The van der Waals surface area contributed by atoms with Gasteiger partial charge in [0.25, 0.3) is 0 Å². The van der Waals surface area contributed by atoms with E-state index >= 15 is 0 Å². The first-order chi connectivity index (χ1) is 8.61. The zero-order chi connectivity index (χ0) is 13.1. The van der Waals surface area contributed by atoms with Crippen LogP contribution in [0.3, 0.4) is 0 Å². The number of aromatic nitrogens is 3. The van der Waals surface area contributed by atoms with Crippen molar-refractivity contribution in [2.45, 2.75) is 26.7 Å². The molecule has 2 aromatic rings. The summed E-state index contributed by atoms with van der Waals surface area (Å²) in [6.45, 7) is 6.30. The largest absolute Gasteiger partial charge is 0.461 e. The summed E-state index contributed by atoms with van der Waals surface area (Å²) < 4.78 is 6.63. The Hall–Kier alpha value is -1.69. The highest BCUT2D eigenvalue weighted by Gasteiger charge is 2.13. The van der Waals surface area contributed by atoms with Crippen LogP contribution in [0.2, 0.25) is 0 Å². The SMILES string of the molecule is CCOC(=O)c1cn(-c2nc(C(C)C)cs2)cn1. The monoisotopic (exact) mass is 265 g/mol. The van der Waals surface area contributed by atoms with E-state index in [0.717, 1.165) is 10.8 Å². The Morgan fingerprint density at radius 3 is 2.94 bits per heavy atom. The predicted octanol–water partition coefficient (Wildman–Crippen LogP) is 2.63. The molecule has 2 heterocycles.